The molecule has 0 bridgehead atoms. The minimum atomic E-state index is -1.06. The van der Waals surface area contributed by atoms with Crippen molar-refractivity contribution in [1.82, 2.24) is 10.2 Å². The first-order chi connectivity index (χ1) is 8.56. The lowest BCUT2D eigenvalue weighted by molar-refractivity contribution is -0.145. The van der Waals surface area contributed by atoms with Crippen molar-refractivity contribution in [1.29, 1.82) is 0 Å². The Bertz CT molecular complexity index is 347. The van der Waals surface area contributed by atoms with Crippen molar-refractivity contribution in [2.24, 2.45) is 0 Å². The molecule has 0 radical (unpaired) electrons. The highest BCUT2D eigenvalue weighted by molar-refractivity contribution is 5.87. The molecule has 1 N–H and O–H groups in total. The van der Waals surface area contributed by atoms with Crippen molar-refractivity contribution in [3.05, 3.63) is 0 Å². The van der Waals surface area contributed by atoms with Gasteiger partial charge in [-0.2, -0.15) is 0 Å². The molecule has 0 saturated heterocycles. The Hall–Kier alpha value is -1.79. The van der Waals surface area contributed by atoms with E-state index >= 15 is 0 Å². The smallest absolute Gasteiger partial charge is 0.408 e. The summed E-state index contributed by atoms with van der Waals surface area (Å²) >= 11 is 0. The van der Waals surface area contributed by atoms with E-state index in [1.807, 2.05) is 0 Å². The molecule has 0 aliphatic rings. The number of nitrogens with zero attached hydrogens (tertiary/aromatic N) is 1. The average Bonchev–Trinajstić information content (AvgIpc) is 2.24. The third-order valence-electron chi connectivity index (χ3n) is 2.05. The summed E-state index contributed by atoms with van der Waals surface area (Å²) in [5.41, 5.74) is -0.684. The van der Waals surface area contributed by atoms with Crippen LogP contribution in [0.2, 0.25) is 0 Å². The normalized spacial score (nSPS) is 12.3. The second-order valence-corrected chi connectivity index (χ2v) is 5.21. The van der Waals surface area contributed by atoms with Gasteiger partial charge in [-0.3, -0.25) is 4.79 Å². The van der Waals surface area contributed by atoms with Crippen LogP contribution < -0.4 is 5.32 Å². The number of hydrogen-bond donors (Lipinski definition) is 1. The van der Waals surface area contributed by atoms with Gasteiger partial charge in [0, 0.05) is 14.1 Å². The van der Waals surface area contributed by atoms with Crippen molar-refractivity contribution < 1.29 is 23.9 Å². The maximum absolute atomic E-state index is 11.6. The van der Waals surface area contributed by atoms with Crippen molar-refractivity contribution in [2.75, 3.05) is 21.2 Å². The Kier molecular flexibility index (Phi) is 6.31. The summed E-state index contributed by atoms with van der Waals surface area (Å²) in [5, 5.41) is 2.33. The molecule has 7 heteroatoms. The van der Waals surface area contributed by atoms with Crippen molar-refractivity contribution in [3.8, 4) is 0 Å². The molecule has 0 rings (SSSR count). The van der Waals surface area contributed by atoms with Gasteiger partial charge < -0.3 is 19.7 Å². The summed E-state index contributed by atoms with van der Waals surface area (Å²) in [7, 11) is 4.31. The van der Waals surface area contributed by atoms with Gasteiger partial charge in [0.05, 0.1) is 13.5 Å². The Morgan fingerprint density at radius 1 is 1.21 bits per heavy atom. The van der Waals surface area contributed by atoms with Crippen LogP contribution >= 0.6 is 0 Å². The van der Waals surface area contributed by atoms with Crippen LogP contribution in [-0.2, 0) is 19.1 Å². The molecular formula is C12H22N2O5. The number of amides is 2. The predicted molar refractivity (Wildman–Crippen MR) is 68.5 cm³/mol. The Balaban J connectivity index is 4.65. The zero-order valence-electron chi connectivity index (χ0n) is 12.3. The minimum Gasteiger partial charge on any atom is -0.467 e. The van der Waals surface area contributed by atoms with Gasteiger partial charge >= 0.3 is 12.1 Å². The number of hydrogen-bond acceptors (Lipinski definition) is 5. The monoisotopic (exact) mass is 274 g/mol. The van der Waals surface area contributed by atoms with Crippen molar-refractivity contribution in [3.63, 3.8) is 0 Å². The fourth-order valence-corrected chi connectivity index (χ4v) is 1.14. The van der Waals surface area contributed by atoms with Gasteiger partial charge in [-0.25, -0.2) is 9.59 Å². The van der Waals surface area contributed by atoms with Crippen LogP contribution in [-0.4, -0.2) is 55.7 Å². The lowest BCUT2D eigenvalue weighted by Gasteiger charge is -2.23. The highest BCUT2D eigenvalue weighted by Gasteiger charge is 2.27. The molecule has 0 unspecified atom stereocenters. The molecular weight excluding hydrogens is 252 g/mol. The number of nitrogens with one attached hydrogen (secondary N) is 1. The molecule has 1 atom stereocenters. The van der Waals surface area contributed by atoms with Crippen LogP contribution in [0.15, 0.2) is 0 Å². The summed E-state index contributed by atoms with van der Waals surface area (Å²) in [4.78, 5) is 36.0. The van der Waals surface area contributed by atoms with Gasteiger partial charge in [0.25, 0.3) is 0 Å². The van der Waals surface area contributed by atoms with E-state index in [-0.39, 0.29) is 12.3 Å². The van der Waals surface area contributed by atoms with Gasteiger partial charge in [-0.15, -0.1) is 0 Å². The van der Waals surface area contributed by atoms with Crippen LogP contribution in [0.25, 0.3) is 0 Å². The molecule has 19 heavy (non-hydrogen) atoms. The topological polar surface area (TPSA) is 84.9 Å². The zero-order valence-corrected chi connectivity index (χ0v) is 12.3. The summed E-state index contributed by atoms with van der Waals surface area (Å²) < 4.78 is 9.57. The van der Waals surface area contributed by atoms with Gasteiger partial charge in [0.15, 0.2) is 0 Å². The molecule has 110 valence electrons. The number of carbonyl (C=O) groups excluding carboxylic acids is 3. The van der Waals surface area contributed by atoms with E-state index < -0.39 is 23.7 Å². The van der Waals surface area contributed by atoms with E-state index in [0.29, 0.717) is 0 Å². The van der Waals surface area contributed by atoms with E-state index in [0.717, 1.165) is 0 Å². The Morgan fingerprint density at radius 3 is 2.11 bits per heavy atom. The molecule has 0 aromatic heterocycles. The molecule has 0 saturated carbocycles. The first kappa shape index (κ1) is 17.2. The van der Waals surface area contributed by atoms with E-state index in [9.17, 15) is 14.4 Å². The molecule has 2 amide bonds. The quantitative estimate of drug-likeness (QED) is 0.756. The number of rotatable bonds is 4. The fraction of sp³-hybridized carbons (Fsp3) is 0.750. The van der Waals surface area contributed by atoms with Crippen LogP contribution in [0.1, 0.15) is 27.2 Å². The zero-order chi connectivity index (χ0) is 15.2. The third-order valence-corrected chi connectivity index (χ3v) is 2.05. The highest BCUT2D eigenvalue weighted by Crippen LogP contribution is 2.08. The van der Waals surface area contributed by atoms with Gasteiger partial charge in [-0.05, 0) is 20.8 Å². The molecule has 0 spiro atoms. The van der Waals surface area contributed by atoms with Crippen LogP contribution in [0, 0.1) is 0 Å². The Morgan fingerprint density at radius 2 is 1.74 bits per heavy atom. The molecule has 0 fully saturated rings. The summed E-state index contributed by atoms with van der Waals surface area (Å²) in [5.74, 6) is -0.993. The lowest BCUT2D eigenvalue weighted by atomic mass is 10.2. The predicted octanol–water partition coefficient (Wildman–Crippen LogP) is 0.531. The summed E-state index contributed by atoms with van der Waals surface area (Å²) in [6, 6.07) is -1.06. The second kappa shape index (κ2) is 6.96. The number of carbonyl (C=O) groups is 3. The third kappa shape index (κ3) is 7.28. The summed E-state index contributed by atoms with van der Waals surface area (Å²) in [6.45, 7) is 5.10. The molecule has 0 aliphatic heterocycles. The average molecular weight is 274 g/mol. The van der Waals surface area contributed by atoms with Gasteiger partial charge in [0.2, 0.25) is 5.91 Å². The summed E-state index contributed by atoms with van der Waals surface area (Å²) in [6.07, 6.45) is -0.951. The SMILES string of the molecule is COC(=O)[C@@H](CC(=O)N(C)C)NC(=O)OC(C)(C)C. The van der Waals surface area contributed by atoms with Crippen LogP contribution in [0.5, 0.6) is 0 Å². The maximum Gasteiger partial charge on any atom is 0.408 e. The van der Waals surface area contributed by atoms with Gasteiger partial charge in [0.1, 0.15) is 11.6 Å². The Labute approximate surface area is 113 Å². The van der Waals surface area contributed by atoms with E-state index in [2.05, 4.69) is 10.1 Å². The van der Waals surface area contributed by atoms with Crippen molar-refractivity contribution in [2.45, 2.75) is 38.8 Å². The maximum atomic E-state index is 11.6. The van der Waals surface area contributed by atoms with Crippen molar-refractivity contribution >= 4 is 18.0 Å². The second-order valence-electron chi connectivity index (χ2n) is 5.21. The van der Waals surface area contributed by atoms with E-state index in [1.165, 1.54) is 12.0 Å². The first-order valence-corrected chi connectivity index (χ1v) is 5.84. The van der Waals surface area contributed by atoms with Crippen LogP contribution in [0.4, 0.5) is 4.79 Å². The largest absolute Gasteiger partial charge is 0.467 e. The standard InChI is InChI=1S/C12H22N2O5/c1-12(2,3)19-11(17)13-8(10(16)18-6)7-9(15)14(4)5/h8H,7H2,1-6H3,(H,13,17)/t8-/m1/s1. The number of methoxy groups -OCH3 is 1. The number of ether oxygens (including phenoxy) is 2. The van der Waals surface area contributed by atoms with E-state index in [4.69, 9.17) is 4.74 Å². The first-order valence-electron chi connectivity index (χ1n) is 5.84. The van der Waals surface area contributed by atoms with Gasteiger partial charge in [-0.1, -0.05) is 0 Å². The number of esters is 1. The van der Waals surface area contributed by atoms with Crippen LogP contribution in [0.3, 0.4) is 0 Å². The molecule has 7 nitrogen and oxygen atoms in total. The number of alkyl carbamates (subject to hydrolysis) is 1. The molecule has 0 aliphatic carbocycles. The minimum absolute atomic E-state index is 0.182. The van der Waals surface area contributed by atoms with E-state index in [1.54, 1.807) is 34.9 Å². The highest BCUT2D eigenvalue weighted by atomic mass is 16.6. The lowest BCUT2D eigenvalue weighted by Crippen LogP contribution is -2.46. The molecule has 0 heterocycles. The molecule has 0 aromatic rings. The fourth-order valence-electron chi connectivity index (χ4n) is 1.14. The molecule has 0 aromatic carbocycles.